The van der Waals surface area contributed by atoms with Crippen LogP contribution in [0.5, 0.6) is 0 Å². The summed E-state index contributed by atoms with van der Waals surface area (Å²) >= 11 is 0. The van der Waals surface area contributed by atoms with Crippen LogP contribution >= 0.6 is 0 Å². The van der Waals surface area contributed by atoms with Gasteiger partial charge in [0.25, 0.3) is 0 Å². The van der Waals surface area contributed by atoms with Crippen molar-refractivity contribution in [3.05, 3.63) is 108 Å². The number of benzene rings is 1. The molecule has 0 spiro atoms. The van der Waals surface area contributed by atoms with E-state index >= 15 is 0 Å². The number of carbonyl (C=O) groups is 1. The van der Waals surface area contributed by atoms with Crippen LogP contribution in [0.2, 0.25) is 0 Å². The van der Waals surface area contributed by atoms with Gasteiger partial charge in [0, 0.05) is 18.8 Å². The molecule has 3 heteroatoms. The third-order valence-corrected chi connectivity index (χ3v) is 4.69. The highest BCUT2D eigenvalue weighted by Crippen LogP contribution is 2.12. The second-order valence-electron chi connectivity index (χ2n) is 7.66. The van der Waals surface area contributed by atoms with Gasteiger partial charge < -0.3 is 4.99 Å². The van der Waals surface area contributed by atoms with Gasteiger partial charge in [-0.2, -0.15) is 0 Å². The van der Waals surface area contributed by atoms with Crippen molar-refractivity contribution in [2.45, 2.75) is 54.4 Å². The summed E-state index contributed by atoms with van der Waals surface area (Å²) in [6.07, 6.45) is 11.8. The number of pyridine rings is 1. The molecule has 0 bridgehead atoms. The van der Waals surface area contributed by atoms with Crippen LogP contribution in [0.1, 0.15) is 68.2 Å². The topological polar surface area (TPSA) is 42.3 Å². The number of aryl methyl sites for hydroxylation is 1. The number of ketones is 1. The second kappa shape index (κ2) is 17.3. The minimum absolute atomic E-state index is 0.0377. The molecule has 3 nitrogen and oxygen atoms in total. The number of allylic oxidation sites excluding steroid dienone is 6. The predicted molar refractivity (Wildman–Crippen MR) is 146 cm³/mol. The Morgan fingerprint density at radius 3 is 2.18 bits per heavy atom. The number of rotatable bonds is 7. The van der Waals surface area contributed by atoms with Crippen molar-refractivity contribution in [2.75, 3.05) is 7.05 Å². The summed E-state index contributed by atoms with van der Waals surface area (Å²) < 4.78 is 0. The lowest BCUT2D eigenvalue weighted by Crippen LogP contribution is -1.94. The highest BCUT2D eigenvalue weighted by Gasteiger charge is 1.99. The summed E-state index contributed by atoms with van der Waals surface area (Å²) in [5.74, 6) is 0.0377. The molecule has 0 radical (unpaired) electrons. The molecule has 0 aliphatic heterocycles. The molecule has 0 saturated heterocycles. The van der Waals surface area contributed by atoms with E-state index in [9.17, 15) is 4.79 Å². The molecule has 0 fully saturated rings. The van der Waals surface area contributed by atoms with Crippen LogP contribution in [0.4, 0.5) is 0 Å². The van der Waals surface area contributed by atoms with Gasteiger partial charge in [0.1, 0.15) is 0 Å². The van der Waals surface area contributed by atoms with Crippen LogP contribution < -0.4 is 0 Å². The zero-order valence-electron chi connectivity index (χ0n) is 21.5. The molecule has 0 saturated carbocycles. The summed E-state index contributed by atoms with van der Waals surface area (Å²) in [5, 5.41) is 0. The molecule has 0 unspecified atom stereocenters. The van der Waals surface area contributed by atoms with Crippen molar-refractivity contribution in [3.63, 3.8) is 0 Å². The molecule has 2 rings (SSSR count). The molecular formula is C30H40N2O. The van der Waals surface area contributed by atoms with E-state index in [1.54, 1.807) is 31.6 Å². The van der Waals surface area contributed by atoms with Crippen molar-refractivity contribution < 1.29 is 4.79 Å². The smallest absolute Gasteiger partial charge is 0.161 e. The normalized spacial score (nSPS) is 10.8. The monoisotopic (exact) mass is 444 g/mol. The fourth-order valence-electron chi connectivity index (χ4n) is 2.64. The van der Waals surface area contributed by atoms with Crippen LogP contribution in [0, 0.1) is 6.92 Å². The average Bonchev–Trinajstić information content (AvgIpc) is 2.80. The summed E-state index contributed by atoms with van der Waals surface area (Å²) in [6, 6.07) is 12.2. The zero-order valence-corrected chi connectivity index (χ0v) is 21.5. The molecule has 33 heavy (non-hydrogen) atoms. The maximum atomic E-state index is 10.9. The van der Waals surface area contributed by atoms with E-state index in [1.807, 2.05) is 13.8 Å². The van der Waals surface area contributed by atoms with Gasteiger partial charge in [-0.25, -0.2) is 0 Å². The minimum atomic E-state index is 0.0377. The summed E-state index contributed by atoms with van der Waals surface area (Å²) in [4.78, 5) is 18.6. The van der Waals surface area contributed by atoms with Crippen molar-refractivity contribution >= 4 is 17.6 Å². The van der Waals surface area contributed by atoms with Gasteiger partial charge in [0.2, 0.25) is 0 Å². The van der Waals surface area contributed by atoms with Gasteiger partial charge in [-0.05, 0) is 76.9 Å². The third kappa shape index (κ3) is 13.6. The number of hydrogen-bond acceptors (Lipinski definition) is 3. The van der Waals surface area contributed by atoms with Crippen LogP contribution in [0.15, 0.2) is 90.1 Å². The molecule has 0 aliphatic carbocycles. The van der Waals surface area contributed by atoms with Gasteiger partial charge in [-0.15, -0.1) is 0 Å². The van der Waals surface area contributed by atoms with Crippen LogP contribution in [-0.4, -0.2) is 24.0 Å². The average molecular weight is 445 g/mol. The van der Waals surface area contributed by atoms with E-state index in [-0.39, 0.29) is 5.78 Å². The molecule has 1 heterocycles. The van der Waals surface area contributed by atoms with Crippen molar-refractivity contribution in [1.29, 1.82) is 0 Å². The van der Waals surface area contributed by atoms with Crippen LogP contribution in [0.3, 0.4) is 0 Å². The van der Waals surface area contributed by atoms with Crippen molar-refractivity contribution in [3.8, 4) is 0 Å². The summed E-state index contributed by atoms with van der Waals surface area (Å²) in [6.45, 7) is 19.5. The minimum Gasteiger partial charge on any atom is -0.301 e. The Labute approximate surface area is 201 Å². The van der Waals surface area contributed by atoms with Gasteiger partial charge >= 0.3 is 0 Å². The van der Waals surface area contributed by atoms with Crippen molar-refractivity contribution in [2.24, 2.45) is 4.99 Å². The number of aliphatic imine (C=N–C) groups is 1. The van der Waals surface area contributed by atoms with Gasteiger partial charge in [-0.3, -0.25) is 9.78 Å². The molecule has 2 aromatic rings. The SMILES string of the molecule is C=C(/C=C\C(=C/C)CC)Cc1cccc(C)c1.C=C(C)c1ccc(C(C)=O)cn1.CC=NC. The first-order valence-corrected chi connectivity index (χ1v) is 11.2. The Morgan fingerprint density at radius 2 is 1.76 bits per heavy atom. The molecular weight excluding hydrogens is 404 g/mol. The summed E-state index contributed by atoms with van der Waals surface area (Å²) in [5.41, 5.74) is 7.53. The molecule has 0 aliphatic rings. The lowest BCUT2D eigenvalue weighted by Gasteiger charge is -2.03. The third-order valence-electron chi connectivity index (χ3n) is 4.69. The number of Topliss-reactive ketones (excluding diaryl/α,β-unsaturated/α-hetero) is 1. The number of carbonyl (C=O) groups excluding carboxylic acids is 1. The van der Waals surface area contributed by atoms with Crippen LogP contribution in [-0.2, 0) is 6.42 Å². The quantitative estimate of drug-likeness (QED) is 0.246. The lowest BCUT2D eigenvalue weighted by atomic mass is 10.0. The second-order valence-corrected chi connectivity index (χ2v) is 7.66. The zero-order chi connectivity index (χ0) is 25.2. The summed E-state index contributed by atoms with van der Waals surface area (Å²) in [7, 11) is 1.75. The number of nitrogens with zero attached hydrogens (tertiary/aromatic N) is 2. The Morgan fingerprint density at radius 1 is 1.09 bits per heavy atom. The standard InChI is InChI=1S/C17H22.C10H11NO.C3H7N/c1-5-16(6-2)11-10-15(4)13-17-9-7-8-14(3)12-17;1-7(2)10-5-4-9(6-11-10)8(3)12;1-3-4-2/h5,7-12H,4,6,13H2,1-3H3;4-6H,1H2,2-3H3;3H,1-2H3/b11-10-,16-5-;;. The first kappa shape index (κ1) is 29.7. The fourth-order valence-corrected chi connectivity index (χ4v) is 2.64. The first-order chi connectivity index (χ1) is 15.7. The van der Waals surface area contributed by atoms with Crippen molar-refractivity contribution in [1.82, 2.24) is 4.98 Å². The lowest BCUT2D eigenvalue weighted by molar-refractivity contribution is 0.101. The molecule has 0 atom stereocenters. The Kier molecular flexibility index (Phi) is 15.5. The largest absolute Gasteiger partial charge is 0.301 e. The Hall–Kier alpha value is -3.33. The van der Waals surface area contributed by atoms with Gasteiger partial charge in [0.15, 0.2) is 5.78 Å². The molecule has 176 valence electrons. The molecule has 1 aromatic carbocycles. The Bertz CT molecular complexity index is 940. The van der Waals surface area contributed by atoms with E-state index in [0.29, 0.717) is 5.56 Å². The number of hydrogen-bond donors (Lipinski definition) is 0. The van der Waals surface area contributed by atoms with E-state index in [2.05, 4.69) is 86.4 Å². The molecule has 0 amide bonds. The van der Waals surface area contributed by atoms with E-state index in [4.69, 9.17) is 0 Å². The van der Waals surface area contributed by atoms with Gasteiger partial charge in [0.05, 0.1) is 5.69 Å². The first-order valence-electron chi connectivity index (χ1n) is 11.2. The van der Waals surface area contributed by atoms with E-state index < -0.39 is 0 Å². The van der Waals surface area contributed by atoms with Crippen LogP contribution in [0.25, 0.3) is 5.57 Å². The maximum absolute atomic E-state index is 10.9. The van der Waals surface area contributed by atoms with E-state index in [1.165, 1.54) is 23.6 Å². The highest BCUT2D eigenvalue weighted by atomic mass is 16.1. The highest BCUT2D eigenvalue weighted by molar-refractivity contribution is 5.93. The maximum Gasteiger partial charge on any atom is 0.161 e. The van der Waals surface area contributed by atoms with E-state index in [0.717, 1.165) is 29.7 Å². The predicted octanol–water partition coefficient (Wildman–Crippen LogP) is 8.03. The molecule has 1 aromatic heterocycles. The Balaban J connectivity index is 0.000000556. The fraction of sp³-hybridized carbons (Fsp3) is 0.300. The molecule has 0 N–H and O–H groups in total. The van der Waals surface area contributed by atoms with Gasteiger partial charge in [-0.1, -0.05) is 79.3 Å². The number of aromatic nitrogens is 1.